The Kier molecular flexibility index (Phi) is 5.59. The first-order valence-electron chi connectivity index (χ1n) is 7.07. The molecule has 0 unspecified atom stereocenters. The second-order valence-corrected chi connectivity index (χ2v) is 5.24. The van der Waals surface area contributed by atoms with Crippen LogP contribution >= 0.6 is 0 Å². The fraction of sp³-hybridized carbons (Fsp3) is 0.250. The molecular weight excluding hydrogens is 302 g/mol. The standard InChI is InChI=1S/C16H18F2N4O/c1-22(2)8-7-19-16(23)15-6-4-12(10-20-15)21-14-5-3-11(17)9-13(14)18/h3-6,9-10,21H,7-8H2,1-2H3,(H,19,23). The van der Waals surface area contributed by atoms with Crippen molar-refractivity contribution < 1.29 is 13.6 Å². The molecule has 1 heterocycles. The van der Waals surface area contributed by atoms with Gasteiger partial charge in [-0.1, -0.05) is 0 Å². The topological polar surface area (TPSA) is 57.3 Å². The van der Waals surface area contributed by atoms with Crippen molar-refractivity contribution in [3.8, 4) is 0 Å². The predicted molar refractivity (Wildman–Crippen MR) is 84.8 cm³/mol. The number of aromatic nitrogens is 1. The molecule has 2 N–H and O–H groups in total. The Labute approximate surface area is 133 Å². The number of anilines is 2. The molecule has 0 bridgehead atoms. The third-order valence-corrected chi connectivity index (χ3v) is 3.05. The third-order valence-electron chi connectivity index (χ3n) is 3.05. The minimum Gasteiger partial charge on any atom is -0.352 e. The van der Waals surface area contributed by atoms with Crippen molar-refractivity contribution in [2.45, 2.75) is 0 Å². The van der Waals surface area contributed by atoms with Gasteiger partial charge in [-0.25, -0.2) is 13.8 Å². The van der Waals surface area contributed by atoms with E-state index < -0.39 is 11.6 Å². The number of amides is 1. The monoisotopic (exact) mass is 320 g/mol. The van der Waals surface area contributed by atoms with Gasteiger partial charge < -0.3 is 15.5 Å². The normalized spacial score (nSPS) is 10.7. The molecule has 1 aromatic heterocycles. The van der Waals surface area contributed by atoms with E-state index in [-0.39, 0.29) is 17.3 Å². The van der Waals surface area contributed by atoms with Crippen LogP contribution in [0.1, 0.15) is 10.5 Å². The van der Waals surface area contributed by atoms with E-state index in [9.17, 15) is 13.6 Å². The zero-order valence-electron chi connectivity index (χ0n) is 12.9. The smallest absolute Gasteiger partial charge is 0.269 e. The fourth-order valence-electron chi connectivity index (χ4n) is 1.83. The summed E-state index contributed by atoms with van der Waals surface area (Å²) < 4.78 is 26.4. The predicted octanol–water partition coefficient (Wildman–Crippen LogP) is 2.39. The van der Waals surface area contributed by atoms with Crippen LogP contribution in [0.25, 0.3) is 0 Å². The molecule has 0 spiro atoms. The molecule has 23 heavy (non-hydrogen) atoms. The van der Waals surface area contributed by atoms with Gasteiger partial charge in [0.25, 0.3) is 5.91 Å². The summed E-state index contributed by atoms with van der Waals surface area (Å²) in [7, 11) is 3.83. The summed E-state index contributed by atoms with van der Waals surface area (Å²) in [4.78, 5) is 17.9. The van der Waals surface area contributed by atoms with Gasteiger partial charge in [0.2, 0.25) is 0 Å². The SMILES string of the molecule is CN(C)CCNC(=O)c1ccc(Nc2ccc(F)cc2F)cn1. The van der Waals surface area contributed by atoms with Crippen LogP contribution in [0.3, 0.4) is 0 Å². The first-order chi connectivity index (χ1) is 11.0. The highest BCUT2D eigenvalue weighted by Gasteiger charge is 2.08. The zero-order valence-corrected chi connectivity index (χ0v) is 12.9. The second kappa shape index (κ2) is 7.64. The lowest BCUT2D eigenvalue weighted by molar-refractivity contribution is 0.0946. The first kappa shape index (κ1) is 16.8. The van der Waals surface area contributed by atoms with Gasteiger partial charge >= 0.3 is 0 Å². The van der Waals surface area contributed by atoms with Gasteiger partial charge in [-0.05, 0) is 38.4 Å². The lowest BCUT2D eigenvalue weighted by atomic mass is 10.2. The summed E-state index contributed by atoms with van der Waals surface area (Å²) in [5.41, 5.74) is 0.908. The third kappa shape index (κ3) is 5.00. The Morgan fingerprint density at radius 1 is 1.22 bits per heavy atom. The van der Waals surface area contributed by atoms with Gasteiger partial charge in [-0.15, -0.1) is 0 Å². The van der Waals surface area contributed by atoms with Crippen molar-refractivity contribution in [1.29, 1.82) is 0 Å². The van der Waals surface area contributed by atoms with Crippen molar-refractivity contribution in [1.82, 2.24) is 15.2 Å². The van der Waals surface area contributed by atoms with E-state index in [0.717, 1.165) is 18.7 Å². The zero-order chi connectivity index (χ0) is 16.8. The van der Waals surface area contributed by atoms with Crippen LogP contribution in [-0.2, 0) is 0 Å². The molecule has 0 radical (unpaired) electrons. The quantitative estimate of drug-likeness (QED) is 0.858. The van der Waals surface area contributed by atoms with Crippen molar-refractivity contribution in [2.24, 2.45) is 0 Å². The Bertz CT molecular complexity index is 674. The highest BCUT2D eigenvalue weighted by Crippen LogP contribution is 2.20. The summed E-state index contributed by atoms with van der Waals surface area (Å²) in [6, 6.07) is 6.39. The van der Waals surface area contributed by atoms with Crippen LogP contribution in [0.2, 0.25) is 0 Å². The Morgan fingerprint density at radius 2 is 2.00 bits per heavy atom. The van der Waals surface area contributed by atoms with Gasteiger partial charge in [0, 0.05) is 19.2 Å². The van der Waals surface area contributed by atoms with E-state index >= 15 is 0 Å². The Hall–Kier alpha value is -2.54. The highest BCUT2D eigenvalue weighted by atomic mass is 19.1. The number of halogens is 2. The molecule has 2 rings (SSSR count). The van der Waals surface area contributed by atoms with E-state index in [2.05, 4.69) is 15.6 Å². The molecule has 0 atom stereocenters. The molecule has 5 nitrogen and oxygen atoms in total. The number of benzene rings is 1. The van der Waals surface area contributed by atoms with Crippen LogP contribution < -0.4 is 10.6 Å². The largest absolute Gasteiger partial charge is 0.352 e. The summed E-state index contributed by atoms with van der Waals surface area (Å²) in [5.74, 6) is -1.61. The molecule has 0 saturated carbocycles. The van der Waals surface area contributed by atoms with Gasteiger partial charge in [0.1, 0.15) is 17.3 Å². The van der Waals surface area contributed by atoms with Crippen LogP contribution in [0.5, 0.6) is 0 Å². The molecule has 0 fully saturated rings. The van der Waals surface area contributed by atoms with Crippen molar-refractivity contribution in [3.05, 3.63) is 53.9 Å². The molecular formula is C16H18F2N4O. The number of nitrogens with zero attached hydrogens (tertiary/aromatic N) is 2. The minimum absolute atomic E-state index is 0.136. The van der Waals surface area contributed by atoms with Crippen LogP contribution in [-0.4, -0.2) is 43.0 Å². The molecule has 0 saturated heterocycles. The molecule has 122 valence electrons. The lowest BCUT2D eigenvalue weighted by Crippen LogP contribution is -2.31. The number of carbonyl (C=O) groups is 1. The molecule has 7 heteroatoms. The van der Waals surface area contributed by atoms with Crippen LogP contribution in [0.4, 0.5) is 20.2 Å². The second-order valence-electron chi connectivity index (χ2n) is 5.24. The number of hydrogen-bond acceptors (Lipinski definition) is 4. The molecule has 1 amide bonds. The molecule has 1 aromatic carbocycles. The van der Waals surface area contributed by atoms with Crippen LogP contribution in [0.15, 0.2) is 36.5 Å². The van der Waals surface area contributed by atoms with Gasteiger partial charge in [0.15, 0.2) is 0 Å². The van der Waals surface area contributed by atoms with Gasteiger partial charge in [-0.3, -0.25) is 4.79 Å². The minimum atomic E-state index is -0.699. The number of likely N-dealkylation sites (N-methyl/N-ethyl adjacent to an activating group) is 1. The number of nitrogens with one attached hydrogen (secondary N) is 2. The maximum atomic E-state index is 13.6. The van der Waals surface area contributed by atoms with Crippen molar-refractivity contribution in [2.75, 3.05) is 32.5 Å². The van der Waals surface area contributed by atoms with E-state index in [1.807, 2.05) is 19.0 Å². The Morgan fingerprint density at radius 3 is 2.61 bits per heavy atom. The summed E-state index contributed by atoms with van der Waals surface area (Å²) in [5, 5.41) is 5.53. The van der Waals surface area contributed by atoms with E-state index in [0.29, 0.717) is 12.2 Å². The first-order valence-corrected chi connectivity index (χ1v) is 7.07. The molecule has 0 aliphatic rings. The van der Waals surface area contributed by atoms with Crippen molar-refractivity contribution >= 4 is 17.3 Å². The maximum absolute atomic E-state index is 13.6. The van der Waals surface area contributed by atoms with Crippen molar-refractivity contribution in [3.63, 3.8) is 0 Å². The molecule has 0 aliphatic carbocycles. The summed E-state index contributed by atoms with van der Waals surface area (Å²) in [6.45, 7) is 1.25. The molecule has 2 aromatic rings. The van der Waals surface area contributed by atoms with E-state index in [1.165, 1.54) is 18.3 Å². The van der Waals surface area contributed by atoms with E-state index in [1.54, 1.807) is 6.07 Å². The highest BCUT2D eigenvalue weighted by molar-refractivity contribution is 5.92. The summed E-state index contributed by atoms with van der Waals surface area (Å²) in [6.07, 6.45) is 1.42. The Balaban J connectivity index is 1.97. The summed E-state index contributed by atoms with van der Waals surface area (Å²) >= 11 is 0. The van der Waals surface area contributed by atoms with Gasteiger partial charge in [0.05, 0.1) is 17.6 Å². The number of rotatable bonds is 6. The van der Waals surface area contributed by atoms with Crippen LogP contribution in [0, 0.1) is 11.6 Å². The average Bonchev–Trinajstić information content (AvgIpc) is 2.50. The molecule has 0 aliphatic heterocycles. The number of carbonyl (C=O) groups excluding carboxylic acids is 1. The van der Waals surface area contributed by atoms with Gasteiger partial charge in [-0.2, -0.15) is 0 Å². The number of hydrogen-bond donors (Lipinski definition) is 2. The average molecular weight is 320 g/mol. The lowest BCUT2D eigenvalue weighted by Gasteiger charge is -2.10. The fourth-order valence-corrected chi connectivity index (χ4v) is 1.83. The maximum Gasteiger partial charge on any atom is 0.269 e. The van der Waals surface area contributed by atoms with E-state index in [4.69, 9.17) is 0 Å². The number of pyridine rings is 1.